The summed E-state index contributed by atoms with van der Waals surface area (Å²) in [6.45, 7) is 0.867. The number of rotatable bonds is 6. The van der Waals surface area contributed by atoms with Gasteiger partial charge in [-0.25, -0.2) is 0 Å². The molecule has 6 heteroatoms. The van der Waals surface area contributed by atoms with E-state index in [4.69, 9.17) is 0 Å². The smallest absolute Gasteiger partial charge is 0.191 e. The number of thiophene rings is 1. The van der Waals surface area contributed by atoms with E-state index < -0.39 is 0 Å². The lowest BCUT2D eigenvalue weighted by Crippen LogP contribution is -2.45. The number of hydrogen-bond donors (Lipinski definition) is 2. The third-order valence-corrected chi connectivity index (χ3v) is 6.31. The molecule has 1 heterocycles. The Balaban J connectivity index is 1.85. The molecule has 0 amide bonds. The minimum atomic E-state index is 0.376. The topological polar surface area (TPSA) is 39.7 Å². The molecular formula is C16H28N4S2. The van der Waals surface area contributed by atoms with Crippen LogP contribution in [-0.4, -0.2) is 56.1 Å². The lowest BCUT2D eigenvalue weighted by molar-refractivity contribution is 0.302. The van der Waals surface area contributed by atoms with Crippen molar-refractivity contribution in [2.75, 3.05) is 33.9 Å². The molecule has 1 aromatic heterocycles. The van der Waals surface area contributed by atoms with E-state index in [2.05, 4.69) is 58.4 Å². The Morgan fingerprint density at radius 1 is 1.50 bits per heavy atom. The number of likely N-dealkylation sites (N-methyl/N-ethyl adjacent to an activating group) is 1. The summed E-state index contributed by atoms with van der Waals surface area (Å²) in [5.41, 5.74) is 0. The molecule has 1 aliphatic carbocycles. The van der Waals surface area contributed by atoms with Gasteiger partial charge in [0.25, 0.3) is 0 Å². The van der Waals surface area contributed by atoms with Gasteiger partial charge in [-0.1, -0.05) is 6.07 Å². The van der Waals surface area contributed by atoms with Gasteiger partial charge in [-0.15, -0.1) is 11.3 Å². The summed E-state index contributed by atoms with van der Waals surface area (Å²) < 4.78 is 0. The minimum Gasteiger partial charge on any atom is -0.354 e. The first-order valence-electron chi connectivity index (χ1n) is 7.83. The molecule has 0 aliphatic heterocycles. The first-order valence-corrected chi connectivity index (χ1v) is 10.0. The molecule has 1 fully saturated rings. The van der Waals surface area contributed by atoms with Gasteiger partial charge >= 0.3 is 0 Å². The van der Waals surface area contributed by atoms with Crippen molar-refractivity contribution in [1.82, 2.24) is 15.5 Å². The van der Waals surface area contributed by atoms with E-state index in [1.807, 2.05) is 30.1 Å². The van der Waals surface area contributed by atoms with Crippen molar-refractivity contribution >= 4 is 29.1 Å². The van der Waals surface area contributed by atoms with Gasteiger partial charge in [0.05, 0.1) is 6.04 Å². The largest absolute Gasteiger partial charge is 0.354 e. The molecule has 2 rings (SSSR count). The van der Waals surface area contributed by atoms with Gasteiger partial charge in [-0.2, -0.15) is 11.8 Å². The van der Waals surface area contributed by atoms with E-state index in [0.29, 0.717) is 12.1 Å². The van der Waals surface area contributed by atoms with Crippen molar-refractivity contribution in [3.05, 3.63) is 22.4 Å². The highest BCUT2D eigenvalue weighted by Crippen LogP contribution is 2.28. The molecule has 0 radical (unpaired) electrons. The van der Waals surface area contributed by atoms with Crippen LogP contribution in [0.4, 0.5) is 0 Å². The van der Waals surface area contributed by atoms with Crippen LogP contribution in [-0.2, 0) is 0 Å². The van der Waals surface area contributed by atoms with Crippen LogP contribution in [0.1, 0.15) is 30.2 Å². The monoisotopic (exact) mass is 340 g/mol. The Labute approximate surface area is 142 Å². The fraction of sp³-hybridized carbons (Fsp3) is 0.688. The van der Waals surface area contributed by atoms with Crippen LogP contribution in [0, 0.1) is 0 Å². The predicted octanol–water partition coefficient (Wildman–Crippen LogP) is 2.80. The van der Waals surface area contributed by atoms with E-state index in [9.17, 15) is 0 Å². The maximum absolute atomic E-state index is 4.39. The van der Waals surface area contributed by atoms with Gasteiger partial charge in [-0.3, -0.25) is 4.99 Å². The molecule has 124 valence electrons. The molecule has 1 aromatic rings. The standard InChI is InChI=1S/C16H28N4S2/c1-17-16(19-12-7-8-13(10-12)21-4)18-11-14(20(2)3)15-6-5-9-22-15/h5-6,9,12-14H,7-8,10-11H2,1-4H3,(H2,17,18,19). The van der Waals surface area contributed by atoms with Gasteiger partial charge in [0.2, 0.25) is 0 Å². The Morgan fingerprint density at radius 3 is 2.86 bits per heavy atom. The second kappa shape index (κ2) is 8.79. The van der Waals surface area contributed by atoms with E-state index in [1.54, 1.807) is 0 Å². The summed E-state index contributed by atoms with van der Waals surface area (Å²) in [6.07, 6.45) is 6.01. The average Bonchev–Trinajstić information content (AvgIpc) is 3.17. The maximum atomic E-state index is 4.39. The second-order valence-electron chi connectivity index (χ2n) is 5.96. The summed E-state index contributed by atoms with van der Waals surface area (Å²) in [7, 11) is 6.11. The van der Waals surface area contributed by atoms with Crippen molar-refractivity contribution < 1.29 is 0 Å². The third-order valence-electron chi connectivity index (χ3n) is 4.24. The zero-order valence-corrected chi connectivity index (χ0v) is 15.6. The van der Waals surface area contributed by atoms with Crippen LogP contribution >= 0.6 is 23.1 Å². The second-order valence-corrected chi connectivity index (χ2v) is 8.08. The summed E-state index contributed by atoms with van der Waals surface area (Å²) in [6, 6.07) is 5.25. The fourth-order valence-electron chi connectivity index (χ4n) is 2.89. The van der Waals surface area contributed by atoms with E-state index >= 15 is 0 Å². The number of guanidine groups is 1. The lowest BCUT2D eigenvalue weighted by Gasteiger charge is -2.25. The molecule has 0 aromatic carbocycles. The molecule has 4 nitrogen and oxygen atoms in total. The Bertz CT molecular complexity index is 459. The molecule has 3 unspecified atom stereocenters. The van der Waals surface area contributed by atoms with Gasteiger partial charge in [-0.05, 0) is 51.1 Å². The SMILES string of the molecule is CN=C(NCC(c1cccs1)N(C)C)NC1CCC(SC)C1. The normalized spacial score (nSPS) is 23.8. The number of nitrogens with one attached hydrogen (secondary N) is 2. The van der Waals surface area contributed by atoms with Crippen molar-refractivity contribution in [2.45, 2.75) is 36.6 Å². The van der Waals surface area contributed by atoms with Crippen LogP contribution in [0.15, 0.2) is 22.5 Å². The van der Waals surface area contributed by atoms with Crippen LogP contribution in [0.5, 0.6) is 0 Å². The molecule has 0 spiro atoms. The molecule has 1 aliphatic rings. The molecule has 0 saturated heterocycles. The number of thioether (sulfide) groups is 1. The molecule has 3 atom stereocenters. The van der Waals surface area contributed by atoms with Crippen LogP contribution in [0.2, 0.25) is 0 Å². The van der Waals surface area contributed by atoms with Gasteiger partial charge in [0, 0.05) is 29.8 Å². The minimum absolute atomic E-state index is 0.376. The molecule has 2 N–H and O–H groups in total. The summed E-state index contributed by atoms with van der Waals surface area (Å²) in [5.74, 6) is 0.926. The Kier molecular flexibility index (Phi) is 7.05. The van der Waals surface area contributed by atoms with E-state index in [-0.39, 0.29) is 0 Å². The maximum Gasteiger partial charge on any atom is 0.191 e. The highest BCUT2D eigenvalue weighted by molar-refractivity contribution is 7.99. The van der Waals surface area contributed by atoms with E-state index in [1.165, 1.54) is 24.1 Å². The third kappa shape index (κ3) is 4.89. The Hall–Kier alpha value is -0.720. The quantitative estimate of drug-likeness (QED) is 0.617. The van der Waals surface area contributed by atoms with Crippen molar-refractivity contribution in [3.8, 4) is 0 Å². The summed E-state index contributed by atoms with van der Waals surface area (Å²) in [4.78, 5) is 8.03. The van der Waals surface area contributed by atoms with Crippen LogP contribution in [0.25, 0.3) is 0 Å². The zero-order chi connectivity index (χ0) is 15.9. The number of hydrogen-bond acceptors (Lipinski definition) is 4. The summed E-state index contributed by atoms with van der Waals surface area (Å²) >= 11 is 3.80. The van der Waals surface area contributed by atoms with Gasteiger partial charge in [0.15, 0.2) is 5.96 Å². The van der Waals surface area contributed by atoms with Gasteiger partial charge < -0.3 is 15.5 Å². The molecular weight excluding hydrogens is 312 g/mol. The molecule has 0 bridgehead atoms. The number of nitrogens with zero attached hydrogens (tertiary/aromatic N) is 2. The summed E-state index contributed by atoms with van der Waals surface area (Å²) in [5, 5.41) is 10.0. The van der Waals surface area contributed by atoms with Crippen molar-refractivity contribution in [3.63, 3.8) is 0 Å². The highest BCUT2D eigenvalue weighted by atomic mass is 32.2. The zero-order valence-electron chi connectivity index (χ0n) is 14.0. The van der Waals surface area contributed by atoms with Gasteiger partial charge in [0.1, 0.15) is 0 Å². The van der Waals surface area contributed by atoms with Crippen LogP contribution in [0.3, 0.4) is 0 Å². The first-order chi connectivity index (χ1) is 10.6. The highest BCUT2D eigenvalue weighted by Gasteiger charge is 2.24. The molecule has 22 heavy (non-hydrogen) atoms. The van der Waals surface area contributed by atoms with E-state index in [0.717, 1.165) is 17.8 Å². The predicted molar refractivity (Wildman–Crippen MR) is 100 cm³/mol. The average molecular weight is 341 g/mol. The fourth-order valence-corrected chi connectivity index (χ4v) is 4.60. The molecule has 1 saturated carbocycles. The lowest BCUT2D eigenvalue weighted by atomic mass is 10.2. The van der Waals surface area contributed by atoms with Crippen molar-refractivity contribution in [2.24, 2.45) is 4.99 Å². The van der Waals surface area contributed by atoms with Crippen molar-refractivity contribution in [1.29, 1.82) is 0 Å². The number of aliphatic imine (C=N–C) groups is 1. The van der Waals surface area contributed by atoms with Crippen LogP contribution < -0.4 is 10.6 Å². The first kappa shape index (κ1) is 17.6. The Morgan fingerprint density at radius 2 is 2.32 bits per heavy atom.